The zero-order valence-corrected chi connectivity index (χ0v) is 10.4. The fraction of sp³-hybridized carbons (Fsp3) is 0.462. The first kappa shape index (κ1) is 13.5. The van der Waals surface area contributed by atoms with Crippen LogP contribution in [-0.2, 0) is 11.3 Å². The van der Waals surface area contributed by atoms with Gasteiger partial charge < -0.3 is 15.8 Å². The molecule has 1 aromatic carbocycles. The molecule has 0 amide bonds. The van der Waals surface area contributed by atoms with Crippen molar-refractivity contribution in [2.45, 2.75) is 20.0 Å². The maximum Gasteiger partial charge on any atom is 0.188 e. The molecule has 1 rings (SSSR count). The maximum atomic E-state index is 5.59. The fourth-order valence-electron chi connectivity index (χ4n) is 1.37. The molecule has 0 fully saturated rings. The fourth-order valence-corrected chi connectivity index (χ4v) is 1.37. The van der Waals surface area contributed by atoms with Gasteiger partial charge in [-0.3, -0.25) is 4.99 Å². The van der Waals surface area contributed by atoms with Crippen molar-refractivity contribution in [3.63, 3.8) is 0 Å². The van der Waals surface area contributed by atoms with Gasteiger partial charge in [0.1, 0.15) is 0 Å². The van der Waals surface area contributed by atoms with Gasteiger partial charge in [-0.05, 0) is 18.9 Å². The number of ether oxygens (including phenoxy) is 1. The third kappa shape index (κ3) is 6.58. The van der Waals surface area contributed by atoms with Gasteiger partial charge in [-0.1, -0.05) is 30.3 Å². The third-order valence-corrected chi connectivity index (χ3v) is 2.20. The number of nitrogens with one attached hydrogen (secondary N) is 1. The molecule has 4 heteroatoms. The predicted molar refractivity (Wildman–Crippen MR) is 70.9 cm³/mol. The lowest BCUT2D eigenvalue weighted by Crippen LogP contribution is -2.31. The Morgan fingerprint density at radius 2 is 2.12 bits per heavy atom. The highest BCUT2D eigenvalue weighted by Crippen LogP contribution is 2.00. The van der Waals surface area contributed by atoms with E-state index in [0.717, 1.165) is 13.0 Å². The highest BCUT2D eigenvalue weighted by molar-refractivity contribution is 5.77. The molecule has 0 atom stereocenters. The van der Waals surface area contributed by atoms with E-state index in [-0.39, 0.29) is 0 Å². The average molecular weight is 235 g/mol. The van der Waals surface area contributed by atoms with Crippen LogP contribution in [0.15, 0.2) is 35.3 Å². The standard InChI is InChI=1S/C13H21N3O/c1-2-15-13(14)16-9-6-10-17-11-12-7-4-3-5-8-12/h3-5,7-8H,2,6,9-11H2,1H3,(H3,14,15,16). The van der Waals surface area contributed by atoms with Gasteiger partial charge in [-0.2, -0.15) is 0 Å². The predicted octanol–water partition coefficient (Wildman–Crippen LogP) is 1.52. The van der Waals surface area contributed by atoms with Crippen LogP contribution >= 0.6 is 0 Å². The van der Waals surface area contributed by atoms with Gasteiger partial charge in [0.05, 0.1) is 6.61 Å². The van der Waals surface area contributed by atoms with Crippen LogP contribution in [0.4, 0.5) is 0 Å². The number of rotatable bonds is 7. The van der Waals surface area contributed by atoms with Crippen LogP contribution in [0, 0.1) is 0 Å². The molecule has 0 aliphatic rings. The van der Waals surface area contributed by atoms with Gasteiger partial charge in [-0.15, -0.1) is 0 Å². The second-order valence-corrected chi connectivity index (χ2v) is 3.69. The molecular formula is C13H21N3O. The van der Waals surface area contributed by atoms with E-state index in [1.54, 1.807) is 0 Å². The third-order valence-electron chi connectivity index (χ3n) is 2.20. The lowest BCUT2D eigenvalue weighted by molar-refractivity contribution is 0.120. The Kier molecular flexibility index (Phi) is 6.82. The quantitative estimate of drug-likeness (QED) is 0.428. The molecule has 0 radical (unpaired) electrons. The SMILES string of the molecule is CCNC(N)=NCCCOCc1ccccc1. The van der Waals surface area contributed by atoms with Crippen molar-refractivity contribution < 1.29 is 4.74 Å². The van der Waals surface area contributed by atoms with Crippen LogP contribution in [0.2, 0.25) is 0 Å². The Bertz CT molecular complexity index is 325. The lowest BCUT2D eigenvalue weighted by Gasteiger charge is -2.04. The van der Waals surface area contributed by atoms with Crippen molar-refractivity contribution in [3.05, 3.63) is 35.9 Å². The van der Waals surface area contributed by atoms with Gasteiger partial charge in [0.25, 0.3) is 0 Å². The van der Waals surface area contributed by atoms with E-state index in [9.17, 15) is 0 Å². The van der Waals surface area contributed by atoms with E-state index < -0.39 is 0 Å². The van der Waals surface area contributed by atoms with Gasteiger partial charge >= 0.3 is 0 Å². The number of hydrogen-bond acceptors (Lipinski definition) is 2. The molecule has 3 N–H and O–H groups in total. The van der Waals surface area contributed by atoms with Crippen molar-refractivity contribution in [2.75, 3.05) is 19.7 Å². The number of benzene rings is 1. The molecule has 17 heavy (non-hydrogen) atoms. The first-order valence-electron chi connectivity index (χ1n) is 5.98. The summed E-state index contributed by atoms with van der Waals surface area (Å²) < 4.78 is 5.53. The van der Waals surface area contributed by atoms with E-state index in [1.165, 1.54) is 5.56 Å². The monoisotopic (exact) mass is 235 g/mol. The number of aliphatic imine (C=N–C) groups is 1. The summed E-state index contributed by atoms with van der Waals surface area (Å²) in [5.74, 6) is 0.510. The summed E-state index contributed by atoms with van der Waals surface area (Å²) in [7, 11) is 0. The molecule has 0 saturated heterocycles. The number of nitrogens with zero attached hydrogens (tertiary/aromatic N) is 1. The van der Waals surface area contributed by atoms with Gasteiger partial charge in [0.2, 0.25) is 0 Å². The van der Waals surface area contributed by atoms with E-state index in [1.807, 2.05) is 25.1 Å². The van der Waals surface area contributed by atoms with Gasteiger partial charge in [-0.25, -0.2) is 0 Å². The summed E-state index contributed by atoms with van der Waals surface area (Å²) in [4.78, 5) is 4.16. The normalized spacial score (nSPS) is 11.5. The molecule has 0 saturated carbocycles. The van der Waals surface area contributed by atoms with Crippen LogP contribution in [0.1, 0.15) is 18.9 Å². The average Bonchev–Trinajstić information content (AvgIpc) is 2.35. The Hall–Kier alpha value is -1.55. The molecule has 0 bridgehead atoms. The van der Waals surface area contributed by atoms with Crippen molar-refractivity contribution in [1.29, 1.82) is 0 Å². The number of guanidine groups is 1. The van der Waals surface area contributed by atoms with E-state index in [2.05, 4.69) is 22.4 Å². The second kappa shape index (κ2) is 8.58. The molecule has 0 aromatic heterocycles. The highest BCUT2D eigenvalue weighted by atomic mass is 16.5. The minimum Gasteiger partial charge on any atom is -0.377 e. The molecule has 0 spiro atoms. The van der Waals surface area contributed by atoms with Crippen LogP contribution in [0.5, 0.6) is 0 Å². The van der Waals surface area contributed by atoms with Gasteiger partial charge in [0.15, 0.2) is 5.96 Å². The topological polar surface area (TPSA) is 59.6 Å². The summed E-state index contributed by atoms with van der Waals surface area (Å²) in [6.45, 7) is 4.86. The van der Waals surface area contributed by atoms with E-state index >= 15 is 0 Å². The summed E-state index contributed by atoms with van der Waals surface area (Å²) in [6, 6.07) is 10.1. The van der Waals surface area contributed by atoms with Crippen LogP contribution in [-0.4, -0.2) is 25.7 Å². The molecule has 1 aromatic rings. The summed E-state index contributed by atoms with van der Waals surface area (Å²) in [5.41, 5.74) is 6.79. The van der Waals surface area contributed by atoms with Crippen molar-refractivity contribution in [2.24, 2.45) is 10.7 Å². The van der Waals surface area contributed by atoms with Crippen LogP contribution in [0.3, 0.4) is 0 Å². The first-order valence-corrected chi connectivity index (χ1v) is 5.98. The Morgan fingerprint density at radius 1 is 1.35 bits per heavy atom. The molecule has 4 nitrogen and oxygen atoms in total. The maximum absolute atomic E-state index is 5.59. The largest absolute Gasteiger partial charge is 0.377 e. The van der Waals surface area contributed by atoms with E-state index in [0.29, 0.717) is 25.7 Å². The Labute approximate surface area is 103 Å². The zero-order valence-electron chi connectivity index (χ0n) is 10.4. The highest BCUT2D eigenvalue weighted by Gasteiger charge is 1.92. The molecule has 0 heterocycles. The Balaban J connectivity index is 2.03. The smallest absolute Gasteiger partial charge is 0.188 e. The second-order valence-electron chi connectivity index (χ2n) is 3.69. The number of nitrogens with two attached hydrogens (primary N) is 1. The summed E-state index contributed by atoms with van der Waals surface area (Å²) in [5, 5.41) is 2.95. The van der Waals surface area contributed by atoms with Crippen molar-refractivity contribution in [1.82, 2.24) is 5.32 Å². The molecular weight excluding hydrogens is 214 g/mol. The minimum atomic E-state index is 0.510. The Morgan fingerprint density at radius 3 is 2.82 bits per heavy atom. The zero-order chi connectivity index (χ0) is 12.3. The molecule has 94 valence electrons. The molecule has 0 aliphatic carbocycles. The van der Waals surface area contributed by atoms with Crippen LogP contribution in [0.25, 0.3) is 0 Å². The van der Waals surface area contributed by atoms with Crippen LogP contribution < -0.4 is 11.1 Å². The summed E-state index contributed by atoms with van der Waals surface area (Å²) in [6.07, 6.45) is 0.888. The number of hydrogen-bond donors (Lipinski definition) is 2. The summed E-state index contributed by atoms with van der Waals surface area (Å²) >= 11 is 0. The molecule has 0 unspecified atom stereocenters. The minimum absolute atomic E-state index is 0.510. The molecule has 0 aliphatic heterocycles. The lowest BCUT2D eigenvalue weighted by atomic mass is 10.2. The van der Waals surface area contributed by atoms with E-state index in [4.69, 9.17) is 10.5 Å². The van der Waals surface area contributed by atoms with Crippen molar-refractivity contribution in [3.8, 4) is 0 Å². The first-order chi connectivity index (χ1) is 8.33. The van der Waals surface area contributed by atoms with Crippen molar-refractivity contribution >= 4 is 5.96 Å². The van der Waals surface area contributed by atoms with Gasteiger partial charge in [0, 0.05) is 19.7 Å².